The summed E-state index contributed by atoms with van der Waals surface area (Å²) in [4.78, 5) is 38.8. The molecule has 1 fully saturated rings. The highest BCUT2D eigenvalue weighted by Gasteiger charge is 2.31. The fraction of sp³-hybridized carbons (Fsp3) is 0.471. The molecule has 130 valence electrons. The van der Waals surface area contributed by atoms with Crippen LogP contribution in [0.5, 0.6) is 0 Å². The number of hydrogen-bond acceptors (Lipinski definition) is 5. The second kappa shape index (κ2) is 8.80. The van der Waals surface area contributed by atoms with Gasteiger partial charge in [-0.3, -0.25) is 19.3 Å². The number of esters is 1. The topological polar surface area (TPSA) is 66.9 Å². The molecule has 1 aliphatic rings. The van der Waals surface area contributed by atoms with E-state index < -0.39 is 5.97 Å². The molecule has 2 amide bonds. The van der Waals surface area contributed by atoms with Gasteiger partial charge in [0.15, 0.2) is 6.73 Å². The number of unbranched alkanes of at least 4 members (excludes halogenated alkanes) is 1. The average Bonchev–Trinajstić information content (AvgIpc) is 2.54. The van der Waals surface area contributed by atoms with Gasteiger partial charge in [-0.1, -0.05) is 43.1 Å². The molecule has 6 nitrogen and oxygen atoms in total. The number of carbonyl (C=O) groups excluding carboxylic acids is 3. The molecule has 0 unspecified atom stereocenters. The van der Waals surface area contributed by atoms with Gasteiger partial charge in [-0.25, -0.2) is 4.90 Å². The molecule has 0 atom stereocenters. The van der Waals surface area contributed by atoms with Crippen LogP contribution in [0.4, 0.5) is 0 Å². The molecule has 0 spiro atoms. The normalized spacial score (nSPS) is 15.7. The van der Waals surface area contributed by atoms with Crippen molar-refractivity contribution in [1.82, 2.24) is 9.80 Å². The molecule has 0 saturated carbocycles. The molecule has 0 N–H and O–H groups in total. The first kappa shape index (κ1) is 18.4. The van der Waals surface area contributed by atoms with Crippen LogP contribution >= 0.6 is 11.6 Å². The van der Waals surface area contributed by atoms with Gasteiger partial charge in [0.1, 0.15) is 0 Å². The number of hydrogen-bond donors (Lipinski definition) is 0. The molecule has 0 radical (unpaired) electrons. The Labute approximate surface area is 146 Å². The average molecular weight is 353 g/mol. The van der Waals surface area contributed by atoms with Crippen LogP contribution in [0.15, 0.2) is 24.3 Å². The maximum Gasteiger partial charge on any atom is 0.312 e. The van der Waals surface area contributed by atoms with E-state index in [1.807, 2.05) is 4.90 Å². The van der Waals surface area contributed by atoms with Crippen LogP contribution in [0.2, 0.25) is 5.02 Å². The van der Waals surface area contributed by atoms with Crippen LogP contribution in [0.1, 0.15) is 25.3 Å². The van der Waals surface area contributed by atoms with Crippen molar-refractivity contribution in [3.63, 3.8) is 0 Å². The van der Waals surface area contributed by atoms with E-state index in [0.717, 1.165) is 17.7 Å². The van der Waals surface area contributed by atoms with E-state index in [1.165, 1.54) is 0 Å². The number of rotatable bonds is 7. The summed E-state index contributed by atoms with van der Waals surface area (Å²) in [6.45, 7) is 2.77. The SMILES string of the molecule is CCCCN1CC(=O)N(COC(=O)Cc2ccccc2Cl)C(=O)C1. The minimum absolute atomic E-state index is 0.00147. The second-order valence-corrected chi connectivity index (χ2v) is 6.10. The molecule has 1 aromatic rings. The first-order chi connectivity index (χ1) is 11.5. The van der Waals surface area contributed by atoms with Crippen molar-refractivity contribution in [1.29, 1.82) is 0 Å². The van der Waals surface area contributed by atoms with Gasteiger partial charge in [-0.15, -0.1) is 0 Å². The van der Waals surface area contributed by atoms with Gasteiger partial charge >= 0.3 is 5.97 Å². The van der Waals surface area contributed by atoms with E-state index in [9.17, 15) is 14.4 Å². The number of halogens is 1. The summed E-state index contributed by atoms with van der Waals surface area (Å²) in [5, 5.41) is 0.478. The number of piperazine rings is 1. The molecule has 2 rings (SSSR count). The molecule has 0 bridgehead atoms. The summed E-state index contributed by atoms with van der Waals surface area (Å²) in [5.41, 5.74) is 0.645. The zero-order chi connectivity index (χ0) is 17.5. The standard InChI is InChI=1S/C17H21ClN2O4/c1-2-3-8-19-10-15(21)20(16(22)11-19)12-24-17(23)9-13-6-4-5-7-14(13)18/h4-7H,2-3,8-12H2,1H3. The predicted octanol–water partition coefficient (Wildman–Crippen LogP) is 1.85. The molecule has 0 aromatic heterocycles. The van der Waals surface area contributed by atoms with Crippen LogP contribution in [0, 0.1) is 0 Å². The third kappa shape index (κ3) is 5.04. The fourth-order valence-corrected chi connectivity index (χ4v) is 2.62. The molecule has 1 aliphatic heterocycles. The number of imide groups is 1. The molecule has 7 heteroatoms. The minimum atomic E-state index is -0.530. The van der Waals surface area contributed by atoms with Crippen LogP contribution < -0.4 is 0 Å². The van der Waals surface area contributed by atoms with Crippen LogP contribution in [0.3, 0.4) is 0 Å². The summed E-state index contributed by atoms with van der Waals surface area (Å²) in [5.74, 6) is -1.21. The van der Waals surface area contributed by atoms with Crippen molar-refractivity contribution in [2.45, 2.75) is 26.2 Å². The van der Waals surface area contributed by atoms with Crippen LogP contribution in [-0.2, 0) is 25.5 Å². The molecule has 1 aromatic carbocycles. The minimum Gasteiger partial charge on any atom is -0.443 e. The summed E-state index contributed by atoms with van der Waals surface area (Å²) >= 11 is 5.99. The van der Waals surface area contributed by atoms with Gasteiger partial charge in [0, 0.05) is 5.02 Å². The molecular weight excluding hydrogens is 332 g/mol. The van der Waals surface area contributed by atoms with Gasteiger partial charge in [-0.05, 0) is 24.6 Å². The van der Waals surface area contributed by atoms with Crippen molar-refractivity contribution < 1.29 is 19.1 Å². The lowest BCUT2D eigenvalue weighted by Crippen LogP contribution is -2.54. The fourth-order valence-electron chi connectivity index (χ4n) is 2.42. The van der Waals surface area contributed by atoms with Gasteiger partial charge in [-0.2, -0.15) is 0 Å². The second-order valence-electron chi connectivity index (χ2n) is 5.69. The first-order valence-electron chi connectivity index (χ1n) is 7.95. The maximum absolute atomic E-state index is 12.1. The lowest BCUT2D eigenvalue weighted by atomic mass is 10.1. The van der Waals surface area contributed by atoms with E-state index in [0.29, 0.717) is 17.1 Å². The maximum atomic E-state index is 12.1. The number of carbonyl (C=O) groups is 3. The monoisotopic (exact) mass is 352 g/mol. The highest BCUT2D eigenvalue weighted by atomic mass is 35.5. The Morgan fingerprint density at radius 1 is 1.21 bits per heavy atom. The van der Waals surface area contributed by atoms with Gasteiger partial charge in [0.05, 0.1) is 19.5 Å². The molecule has 1 heterocycles. The largest absolute Gasteiger partial charge is 0.443 e. The third-order valence-electron chi connectivity index (χ3n) is 3.79. The van der Waals surface area contributed by atoms with E-state index in [1.54, 1.807) is 24.3 Å². The third-order valence-corrected chi connectivity index (χ3v) is 4.16. The Bertz CT molecular complexity index is 602. The lowest BCUT2D eigenvalue weighted by molar-refractivity contribution is -0.163. The van der Waals surface area contributed by atoms with Crippen LogP contribution in [-0.4, -0.2) is 53.9 Å². The van der Waals surface area contributed by atoms with Crippen molar-refractivity contribution in [2.24, 2.45) is 0 Å². The van der Waals surface area contributed by atoms with Crippen molar-refractivity contribution >= 4 is 29.4 Å². The number of amides is 2. The van der Waals surface area contributed by atoms with Gasteiger partial charge in [0.2, 0.25) is 11.8 Å². The molecule has 1 saturated heterocycles. The summed E-state index contributed by atoms with van der Waals surface area (Å²) in [7, 11) is 0. The Morgan fingerprint density at radius 3 is 2.50 bits per heavy atom. The quantitative estimate of drug-likeness (QED) is 0.553. The smallest absolute Gasteiger partial charge is 0.312 e. The van der Waals surface area contributed by atoms with Crippen molar-refractivity contribution in [3.05, 3.63) is 34.9 Å². The lowest BCUT2D eigenvalue weighted by Gasteiger charge is -2.32. The van der Waals surface area contributed by atoms with Crippen molar-refractivity contribution in [2.75, 3.05) is 26.4 Å². The highest BCUT2D eigenvalue weighted by Crippen LogP contribution is 2.16. The van der Waals surface area contributed by atoms with Crippen LogP contribution in [0.25, 0.3) is 0 Å². The van der Waals surface area contributed by atoms with Gasteiger partial charge in [0.25, 0.3) is 0 Å². The van der Waals surface area contributed by atoms with E-state index >= 15 is 0 Å². The van der Waals surface area contributed by atoms with E-state index in [-0.39, 0.29) is 38.1 Å². The van der Waals surface area contributed by atoms with E-state index in [4.69, 9.17) is 16.3 Å². The number of ether oxygens (including phenoxy) is 1. The Morgan fingerprint density at radius 2 is 1.88 bits per heavy atom. The Kier molecular flexibility index (Phi) is 6.75. The summed E-state index contributed by atoms with van der Waals surface area (Å²) < 4.78 is 5.07. The zero-order valence-electron chi connectivity index (χ0n) is 13.7. The zero-order valence-corrected chi connectivity index (χ0v) is 14.4. The first-order valence-corrected chi connectivity index (χ1v) is 8.33. The number of benzene rings is 1. The number of nitrogens with zero attached hydrogens (tertiary/aromatic N) is 2. The molecule has 0 aliphatic carbocycles. The predicted molar refractivity (Wildman–Crippen MR) is 89.3 cm³/mol. The summed E-state index contributed by atoms with van der Waals surface area (Å²) in [6.07, 6.45) is 1.94. The Balaban J connectivity index is 1.83. The van der Waals surface area contributed by atoms with Gasteiger partial charge < -0.3 is 4.74 Å². The van der Waals surface area contributed by atoms with E-state index in [2.05, 4.69) is 6.92 Å². The molecule has 24 heavy (non-hydrogen) atoms. The molecular formula is C17H21ClN2O4. The highest BCUT2D eigenvalue weighted by molar-refractivity contribution is 6.31. The Hall–Kier alpha value is -1.92. The van der Waals surface area contributed by atoms with Crippen molar-refractivity contribution in [3.8, 4) is 0 Å². The summed E-state index contributed by atoms with van der Waals surface area (Å²) in [6, 6.07) is 6.96.